The van der Waals surface area contributed by atoms with E-state index in [1.165, 1.54) is 10.4 Å². The van der Waals surface area contributed by atoms with Gasteiger partial charge >= 0.3 is 0 Å². The maximum atomic E-state index is 12.2. The normalized spacial score (nSPS) is 14.0. The summed E-state index contributed by atoms with van der Waals surface area (Å²) in [5, 5.41) is 2.16. The molecule has 2 nitrogen and oxygen atoms in total. The molecule has 0 aliphatic carbocycles. The quantitative estimate of drug-likeness (QED) is 0.810. The molecule has 1 heterocycles. The Hall–Kier alpha value is -1.13. The highest BCUT2D eigenvalue weighted by Crippen LogP contribution is 2.24. The molecule has 0 unspecified atom stereocenters. The highest BCUT2D eigenvalue weighted by Gasteiger charge is 2.14. The Kier molecular flexibility index (Phi) is 5.16. The van der Waals surface area contributed by atoms with E-state index in [4.69, 9.17) is 4.74 Å². The van der Waals surface area contributed by atoms with Crippen LogP contribution >= 0.6 is 11.3 Å². The van der Waals surface area contributed by atoms with Gasteiger partial charge in [0.05, 0.1) is 12.4 Å². The summed E-state index contributed by atoms with van der Waals surface area (Å²) in [4.78, 5) is 1.20. The Labute approximate surface area is 120 Å². The zero-order valence-electron chi connectivity index (χ0n) is 11.2. The molecule has 1 aromatic carbocycles. The van der Waals surface area contributed by atoms with Gasteiger partial charge in [-0.2, -0.15) is 0 Å². The highest BCUT2D eigenvalue weighted by atomic mass is 32.2. The lowest BCUT2D eigenvalue weighted by Crippen LogP contribution is -2.07. The predicted molar refractivity (Wildman–Crippen MR) is 82.4 cm³/mol. The molecule has 0 saturated heterocycles. The van der Waals surface area contributed by atoms with Crippen molar-refractivity contribution in [2.45, 2.75) is 18.6 Å². The third-order valence-corrected chi connectivity index (χ3v) is 5.94. The second-order valence-electron chi connectivity index (χ2n) is 4.34. The van der Waals surface area contributed by atoms with Gasteiger partial charge < -0.3 is 4.74 Å². The van der Waals surface area contributed by atoms with Gasteiger partial charge in [-0.1, -0.05) is 18.2 Å². The Balaban J connectivity index is 1.89. The average Bonchev–Trinajstić information content (AvgIpc) is 2.98. The van der Waals surface area contributed by atoms with Crippen molar-refractivity contribution in [3.05, 3.63) is 52.2 Å². The molecule has 2 atom stereocenters. The van der Waals surface area contributed by atoms with Crippen LogP contribution in [0, 0.1) is 0 Å². The van der Waals surface area contributed by atoms with Gasteiger partial charge in [-0.05, 0) is 42.5 Å². The van der Waals surface area contributed by atoms with E-state index in [1.807, 2.05) is 42.6 Å². The summed E-state index contributed by atoms with van der Waals surface area (Å²) in [7, 11) is 0.837. The van der Waals surface area contributed by atoms with E-state index < -0.39 is 10.8 Å². The second-order valence-corrected chi connectivity index (χ2v) is 7.20. The van der Waals surface area contributed by atoms with Crippen molar-refractivity contribution in [2.24, 2.45) is 0 Å². The van der Waals surface area contributed by atoms with E-state index in [1.54, 1.807) is 18.4 Å². The third-order valence-electron chi connectivity index (χ3n) is 3.09. The largest absolute Gasteiger partial charge is 0.497 e. The monoisotopic (exact) mass is 294 g/mol. The topological polar surface area (TPSA) is 26.3 Å². The molecule has 0 N–H and O–H groups in total. The molecule has 0 spiro atoms. The van der Waals surface area contributed by atoms with E-state index in [9.17, 15) is 4.21 Å². The standard InChI is InChI=1S/C15H18O2S2/c1-12(15-4-3-10-18-15)19(16)11-9-13-5-7-14(17-2)8-6-13/h3-8,10,12H,9,11H2,1-2H3/t12-,19+/m0/s1. The number of ether oxygens (including phenoxy) is 1. The van der Waals surface area contributed by atoms with E-state index in [-0.39, 0.29) is 5.25 Å². The van der Waals surface area contributed by atoms with Gasteiger partial charge in [-0.25, -0.2) is 0 Å². The minimum absolute atomic E-state index is 0.123. The van der Waals surface area contributed by atoms with Crippen molar-refractivity contribution >= 4 is 22.1 Å². The minimum Gasteiger partial charge on any atom is -0.497 e. The first-order chi connectivity index (χ1) is 9.20. The fraction of sp³-hybridized carbons (Fsp3) is 0.333. The van der Waals surface area contributed by atoms with E-state index in [2.05, 4.69) is 6.07 Å². The summed E-state index contributed by atoms with van der Waals surface area (Å²) in [6.07, 6.45) is 0.840. The molecule has 0 aliphatic rings. The summed E-state index contributed by atoms with van der Waals surface area (Å²) < 4.78 is 17.4. The Morgan fingerprint density at radius 1 is 1.26 bits per heavy atom. The van der Waals surface area contributed by atoms with Crippen molar-refractivity contribution in [3.63, 3.8) is 0 Å². The molecule has 0 fully saturated rings. The zero-order valence-corrected chi connectivity index (χ0v) is 12.8. The molecular weight excluding hydrogens is 276 g/mol. The van der Waals surface area contributed by atoms with Crippen molar-refractivity contribution in [1.29, 1.82) is 0 Å². The first-order valence-corrected chi connectivity index (χ1v) is 8.50. The van der Waals surface area contributed by atoms with Crippen LogP contribution < -0.4 is 4.74 Å². The van der Waals surface area contributed by atoms with Crippen LogP contribution in [0.25, 0.3) is 0 Å². The smallest absolute Gasteiger partial charge is 0.118 e. The fourth-order valence-corrected chi connectivity index (χ4v) is 4.12. The first-order valence-electron chi connectivity index (χ1n) is 6.24. The van der Waals surface area contributed by atoms with E-state index >= 15 is 0 Å². The van der Waals surface area contributed by atoms with Crippen LogP contribution in [0.5, 0.6) is 5.75 Å². The van der Waals surface area contributed by atoms with Crippen LogP contribution in [-0.2, 0) is 17.2 Å². The molecule has 19 heavy (non-hydrogen) atoms. The van der Waals surface area contributed by atoms with Crippen molar-refractivity contribution in [3.8, 4) is 5.75 Å². The van der Waals surface area contributed by atoms with Crippen LogP contribution in [0.15, 0.2) is 41.8 Å². The zero-order chi connectivity index (χ0) is 13.7. The van der Waals surface area contributed by atoms with Crippen LogP contribution in [0.2, 0.25) is 0 Å². The van der Waals surface area contributed by atoms with E-state index in [0.717, 1.165) is 12.2 Å². The Morgan fingerprint density at radius 3 is 2.58 bits per heavy atom. The van der Waals surface area contributed by atoms with Crippen molar-refractivity contribution in [2.75, 3.05) is 12.9 Å². The molecule has 102 valence electrons. The average molecular weight is 294 g/mol. The minimum atomic E-state index is -0.823. The second kappa shape index (κ2) is 6.87. The summed E-state index contributed by atoms with van der Waals surface area (Å²) >= 11 is 1.68. The van der Waals surface area contributed by atoms with E-state index in [0.29, 0.717) is 5.75 Å². The number of methoxy groups -OCH3 is 1. The molecule has 0 aliphatic heterocycles. The van der Waals surface area contributed by atoms with Crippen LogP contribution in [0.3, 0.4) is 0 Å². The highest BCUT2D eigenvalue weighted by molar-refractivity contribution is 7.85. The molecule has 1 aromatic heterocycles. The number of aryl methyl sites for hydroxylation is 1. The third kappa shape index (κ3) is 3.91. The van der Waals surface area contributed by atoms with Crippen molar-refractivity contribution < 1.29 is 8.95 Å². The molecule has 0 bridgehead atoms. The van der Waals surface area contributed by atoms with Gasteiger partial charge in [0.25, 0.3) is 0 Å². The lowest BCUT2D eigenvalue weighted by Gasteiger charge is -2.09. The molecule has 2 rings (SSSR count). The maximum absolute atomic E-state index is 12.2. The predicted octanol–water partition coefficient (Wildman–Crippen LogP) is 3.81. The molecule has 2 aromatic rings. The molecule has 0 amide bonds. The summed E-state index contributed by atoms with van der Waals surface area (Å²) in [5.74, 6) is 1.56. The molecule has 0 radical (unpaired) electrons. The maximum Gasteiger partial charge on any atom is 0.118 e. The molecule has 4 heteroatoms. The fourth-order valence-electron chi connectivity index (χ4n) is 1.84. The molecular formula is C15H18O2S2. The van der Waals surface area contributed by atoms with Gasteiger partial charge in [-0.3, -0.25) is 4.21 Å². The summed E-state index contributed by atoms with van der Waals surface area (Å²) in [6.45, 7) is 2.04. The number of benzene rings is 1. The summed E-state index contributed by atoms with van der Waals surface area (Å²) in [6, 6.07) is 12.0. The van der Waals surface area contributed by atoms with Gasteiger partial charge in [0.1, 0.15) is 5.75 Å². The number of thiophene rings is 1. The van der Waals surface area contributed by atoms with Crippen LogP contribution in [-0.4, -0.2) is 17.1 Å². The lowest BCUT2D eigenvalue weighted by atomic mass is 10.2. The van der Waals surface area contributed by atoms with Crippen LogP contribution in [0.1, 0.15) is 22.6 Å². The van der Waals surface area contributed by atoms with Gasteiger partial charge in [0, 0.05) is 21.4 Å². The number of hydrogen-bond acceptors (Lipinski definition) is 3. The lowest BCUT2D eigenvalue weighted by molar-refractivity contribution is 0.414. The Morgan fingerprint density at radius 2 is 2.00 bits per heavy atom. The van der Waals surface area contributed by atoms with Crippen LogP contribution in [0.4, 0.5) is 0 Å². The Bertz CT molecular complexity index is 518. The van der Waals surface area contributed by atoms with Gasteiger partial charge in [0.2, 0.25) is 0 Å². The van der Waals surface area contributed by atoms with Gasteiger partial charge in [0.15, 0.2) is 0 Å². The van der Waals surface area contributed by atoms with Crippen molar-refractivity contribution in [1.82, 2.24) is 0 Å². The SMILES string of the molecule is COc1ccc(CC[S@@](=O)[C@@H](C)c2cccs2)cc1. The summed E-state index contributed by atoms with van der Waals surface area (Å²) in [5.41, 5.74) is 1.20. The first kappa shape index (κ1) is 14.3. The van der Waals surface area contributed by atoms with Gasteiger partial charge in [-0.15, -0.1) is 11.3 Å². The number of hydrogen-bond donors (Lipinski definition) is 0. The molecule has 0 saturated carbocycles. The number of rotatable bonds is 6.